The molecule has 0 aliphatic rings. The topological polar surface area (TPSA) is 43.1 Å². The fourth-order valence-corrected chi connectivity index (χ4v) is 3.04. The molecule has 0 saturated carbocycles. The first kappa shape index (κ1) is 13.9. The number of nitrogens with zero attached hydrogens (tertiary/aromatic N) is 1. The lowest BCUT2D eigenvalue weighted by atomic mass is 10.0. The number of rotatable bonds is 3. The summed E-state index contributed by atoms with van der Waals surface area (Å²) in [6.45, 7) is 4.08. The van der Waals surface area contributed by atoms with Crippen molar-refractivity contribution in [3.63, 3.8) is 0 Å². The molecule has 0 saturated heterocycles. The molecule has 106 valence electrons. The third-order valence-electron chi connectivity index (χ3n) is 3.46. The molecule has 0 bridgehead atoms. The molecular weight excluding hydrogens is 282 g/mol. The van der Waals surface area contributed by atoms with Crippen molar-refractivity contribution < 1.29 is 4.42 Å². The largest absolute Gasteiger partial charge is 0.423 e. The van der Waals surface area contributed by atoms with Crippen LogP contribution < -0.4 is 5.63 Å². The van der Waals surface area contributed by atoms with Gasteiger partial charge in [-0.2, -0.15) is 0 Å². The Bertz CT molecular complexity index is 841. The molecule has 2 aromatic heterocycles. The van der Waals surface area contributed by atoms with Crippen LogP contribution in [0.3, 0.4) is 0 Å². The van der Waals surface area contributed by atoms with E-state index in [2.05, 4.69) is 18.0 Å². The van der Waals surface area contributed by atoms with Crippen LogP contribution in [-0.2, 0) is 5.75 Å². The van der Waals surface area contributed by atoms with E-state index in [4.69, 9.17) is 4.42 Å². The Balaban J connectivity index is 2.01. The van der Waals surface area contributed by atoms with E-state index in [-0.39, 0.29) is 5.63 Å². The highest BCUT2D eigenvalue weighted by Gasteiger charge is 2.08. The number of aromatic nitrogens is 1. The normalized spacial score (nSPS) is 11.0. The monoisotopic (exact) mass is 297 g/mol. The molecule has 0 amide bonds. The average molecular weight is 297 g/mol. The van der Waals surface area contributed by atoms with Crippen molar-refractivity contribution in [3.05, 3.63) is 69.7 Å². The van der Waals surface area contributed by atoms with E-state index in [1.165, 1.54) is 5.56 Å². The first-order chi connectivity index (χ1) is 10.1. The summed E-state index contributed by atoms with van der Waals surface area (Å²) in [5, 5.41) is 1.95. The molecule has 2 heterocycles. The highest BCUT2D eigenvalue weighted by molar-refractivity contribution is 7.98. The van der Waals surface area contributed by atoms with Gasteiger partial charge in [0.25, 0.3) is 0 Å². The molecule has 0 aliphatic carbocycles. The van der Waals surface area contributed by atoms with Crippen LogP contribution in [0.2, 0.25) is 0 Å². The van der Waals surface area contributed by atoms with Crippen LogP contribution >= 0.6 is 11.8 Å². The summed E-state index contributed by atoms with van der Waals surface area (Å²) >= 11 is 1.62. The Kier molecular flexibility index (Phi) is 3.80. The molecular formula is C17H15NO2S. The van der Waals surface area contributed by atoms with Crippen LogP contribution in [0.15, 0.2) is 56.8 Å². The number of hydrogen-bond donors (Lipinski definition) is 0. The van der Waals surface area contributed by atoms with E-state index >= 15 is 0 Å². The first-order valence-electron chi connectivity index (χ1n) is 6.71. The first-order valence-corrected chi connectivity index (χ1v) is 7.70. The maximum Gasteiger partial charge on any atom is 0.336 e. The van der Waals surface area contributed by atoms with Crippen molar-refractivity contribution in [2.75, 3.05) is 0 Å². The lowest BCUT2D eigenvalue weighted by Gasteiger charge is -2.08. The molecule has 3 rings (SSSR count). The van der Waals surface area contributed by atoms with E-state index in [1.54, 1.807) is 24.0 Å². The zero-order valence-corrected chi connectivity index (χ0v) is 12.7. The van der Waals surface area contributed by atoms with Crippen LogP contribution in [0, 0.1) is 13.8 Å². The van der Waals surface area contributed by atoms with Crippen LogP contribution in [0.25, 0.3) is 11.0 Å². The Morgan fingerprint density at radius 2 is 1.95 bits per heavy atom. The summed E-state index contributed by atoms with van der Waals surface area (Å²) in [6.07, 6.45) is 1.77. The van der Waals surface area contributed by atoms with Crippen LogP contribution in [0.1, 0.15) is 16.7 Å². The highest BCUT2D eigenvalue weighted by atomic mass is 32.2. The molecule has 0 atom stereocenters. The Morgan fingerprint density at radius 3 is 2.71 bits per heavy atom. The molecule has 4 heteroatoms. The predicted octanol–water partition coefficient (Wildman–Crippen LogP) is 4.10. The summed E-state index contributed by atoms with van der Waals surface area (Å²) in [6, 6.07) is 11.4. The molecule has 0 radical (unpaired) electrons. The lowest BCUT2D eigenvalue weighted by Crippen LogP contribution is -2.00. The van der Waals surface area contributed by atoms with Gasteiger partial charge in [0, 0.05) is 23.4 Å². The SMILES string of the molecule is Cc1cc2oc(=O)cc(CSc3ccccn3)c2cc1C. The van der Waals surface area contributed by atoms with E-state index in [1.807, 2.05) is 31.2 Å². The van der Waals surface area contributed by atoms with Gasteiger partial charge in [-0.15, -0.1) is 11.8 Å². The van der Waals surface area contributed by atoms with Crippen LogP contribution in [-0.4, -0.2) is 4.98 Å². The minimum atomic E-state index is -0.303. The zero-order chi connectivity index (χ0) is 14.8. The van der Waals surface area contributed by atoms with Gasteiger partial charge in [0.1, 0.15) is 5.58 Å². The summed E-state index contributed by atoms with van der Waals surface area (Å²) in [5.74, 6) is 0.696. The standard InChI is InChI=1S/C17H15NO2S/c1-11-7-14-13(10-21-16-5-3-4-6-18-16)9-17(19)20-15(14)8-12(11)2/h3-9H,10H2,1-2H3. The van der Waals surface area contributed by atoms with Crippen LogP contribution in [0.4, 0.5) is 0 Å². The van der Waals surface area contributed by atoms with Gasteiger partial charge in [0.15, 0.2) is 0 Å². The molecule has 0 N–H and O–H groups in total. The second-order valence-corrected chi connectivity index (χ2v) is 5.98. The van der Waals surface area contributed by atoms with E-state index in [0.29, 0.717) is 11.3 Å². The molecule has 3 aromatic rings. The molecule has 21 heavy (non-hydrogen) atoms. The van der Waals surface area contributed by atoms with E-state index in [9.17, 15) is 4.79 Å². The number of fused-ring (bicyclic) bond motifs is 1. The highest BCUT2D eigenvalue weighted by Crippen LogP contribution is 2.27. The summed E-state index contributed by atoms with van der Waals surface area (Å²) in [4.78, 5) is 16.0. The van der Waals surface area contributed by atoms with Crippen molar-refractivity contribution in [2.24, 2.45) is 0 Å². The molecule has 0 spiro atoms. The van der Waals surface area contributed by atoms with E-state index in [0.717, 1.165) is 21.5 Å². The Labute approximate surface area is 127 Å². The molecule has 1 aromatic carbocycles. The number of hydrogen-bond acceptors (Lipinski definition) is 4. The van der Waals surface area contributed by atoms with Gasteiger partial charge in [-0.1, -0.05) is 6.07 Å². The average Bonchev–Trinajstić information content (AvgIpc) is 2.48. The quantitative estimate of drug-likeness (QED) is 0.539. The van der Waals surface area contributed by atoms with Gasteiger partial charge in [0.2, 0.25) is 0 Å². The summed E-state index contributed by atoms with van der Waals surface area (Å²) in [7, 11) is 0. The Hall–Kier alpha value is -2.07. The van der Waals surface area contributed by atoms with Crippen molar-refractivity contribution >= 4 is 22.7 Å². The maximum atomic E-state index is 11.7. The van der Waals surface area contributed by atoms with Gasteiger partial charge < -0.3 is 4.42 Å². The number of benzene rings is 1. The molecule has 0 fully saturated rings. The van der Waals surface area contributed by atoms with Crippen LogP contribution in [0.5, 0.6) is 0 Å². The molecule has 3 nitrogen and oxygen atoms in total. The smallest absolute Gasteiger partial charge is 0.336 e. The van der Waals surface area contributed by atoms with Gasteiger partial charge in [-0.25, -0.2) is 9.78 Å². The zero-order valence-electron chi connectivity index (χ0n) is 11.9. The number of thioether (sulfide) groups is 1. The number of pyridine rings is 1. The van der Waals surface area contributed by atoms with E-state index < -0.39 is 0 Å². The van der Waals surface area contributed by atoms with Crippen molar-refractivity contribution in [1.82, 2.24) is 4.98 Å². The molecule has 0 unspecified atom stereocenters. The van der Waals surface area contributed by atoms with Crippen molar-refractivity contribution in [1.29, 1.82) is 0 Å². The predicted molar refractivity (Wildman–Crippen MR) is 85.8 cm³/mol. The molecule has 0 aliphatic heterocycles. The fourth-order valence-electron chi connectivity index (χ4n) is 2.19. The third kappa shape index (κ3) is 3.00. The van der Waals surface area contributed by atoms with Crippen molar-refractivity contribution in [2.45, 2.75) is 24.6 Å². The Morgan fingerprint density at radius 1 is 1.14 bits per heavy atom. The van der Waals surface area contributed by atoms with Gasteiger partial charge in [0.05, 0.1) is 5.03 Å². The summed E-state index contributed by atoms with van der Waals surface area (Å²) in [5.41, 5.74) is 3.66. The fraction of sp³-hybridized carbons (Fsp3) is 0.176. The lowest BCUT2D eigenvalue weighted by molar-refractivity contribution is 0.559. The second-order valence-electron chi connectivity index (χ2n) is 4.98. The maximum absolute atomic E-state index is 11.7. The second kappa shape index (κ2) is 5.74. The van der Waals surface area contributed by atoms with Gasteiger partial charge in [-0.3, -0.25) is 0 Å². The number of aryl methyl sites for hydroxylation is 2. The van der Waals surface area contributed by atoms with Gasteiger partial charge in [-0.05, 0) is 54.8 Å². The summed E-state index contributed by atoms with van der Waals surface area (Å²) < 4.78 is 5.31. The van der Waals surface area contributed by atoms with Crippen molar-refractivity contribution in [3.8, 4) is 0 Å². The minimum Gasteiger partial charge on any atom is -0.423 e. The third-order valence-corrected chi connectivity index (χ3v) is 4.45. The minimum absolute atomic E-state index is 0.303. The van der Waals surface area contributed by atoms with Gasteiger partial charge >= 0.3 is 5.63 Å².